The third kappa shape index (κ3) is 5.32. The molecule has 0 spiro atoms. The highest BCUT2D eigenvalue weighted by Gasteiger charge is 2.11. The van der Waals surface area contributed by atoms with Crippen molar-refractivity contribution in [3.05, 3.63) is 32.9 Å². The number of carbonyl (C=O) groups excluding carboxylic acids is 1. The fourth-order valence-electron chi connectivity index (χ4n) is 1.69. The molecule has 1 rings (SSSR count). The van der Waals surface area contributed by atoms with Crippen molar-refractivity contribution in [3.8, 4) is 0 Å². The zero-order valence-electron chi connectivity index (χ0n) is 11.5. The Morgan fingerprint density at radius 3 is 2.60 bits per heavy atom. The quantitative estimate of drug-likeness (QED) is 0.786. The molecule has 0 saturated carbocycles. The molecule has 0 unspecified atom stereocenters. The molecule has 0 fully saturated rings. The predicted molar refractivity (Wildman–Crippen MR) is 77.9 cm³/mol. The van der Waals surface area contributed by atoms with Gasteiger partial charge in [-0.2, -0.15) is 4.39 Å². The molecule has 7 heteroatoms. The molecule has 0 aliphatic rings. The van der Waals surface area contributed by atoms with Crippen molar-refractivity contribution >= 4 is 17.0 Å². The molecular weight excluding hydrogens is 283 g/mol. The maximum atomic E-state index is 13.0. The van der Waals surface area contributed by atoms with Crippen molar-refractivity contribution in [2.24, 2.45) is 0 Å². The largest absolute Gasteiger partial charge is 0.336 e. The van der Waals surface area contributed by atoms with E-state index in [0.29, 0.717) is 16.5 Å². The van der Waals surface area contributed by atoms with E-state index in [-0.39, 0.29) is 0 Å². The van der Waals surface area contributed by atoms with Crippen LogP contribution in [-0.2, 0) is 0 Å². The zero-order valence-corrected chi connectivity index (χ0v) is 12.3. The summed E-state index contributed by atoms with van der Waals surface area (Å²) in [6.45, 7) is 2.15. The average molecular weight is 302 g/mol. The second-order valence-corrected chi connectivity index (χ2v) is 5.53. The van der Waals surface area contributed by atoms with Crippen molar-refractivity contribution in [2.75, 3.05) is 5.75 Å². The Bertz CT molecular complexity index is 553. The molecule has 112 valence electrons. The fourth-order valence-corrected chi connectivity index (χ4v) is 2.49. The Hall–Kier alpha value is -1.37. The summed E-state index contributed by atoms with van der Waals surface area (Å²) in [5.74, 6) is -0.559. The van der Waals surface area contributed by atoms with Crippen LogP contribution in [0.4, 0.5) is 9.18 Å². The topological polar surface area (TPSA) is 71.9 Å². The summed E-state index contributed by atoms with van der Waals surface area (Å²) in [4.78, 5) is 35.6. The fraction of sp³-hybridized carbons (Fsp3) is 0.615. The first-order chi connectivity index (χ1) is 9.56. The lowest BCUT2D eigenvalue weighted by atomic mass is 10.1. The molecule has 1 aromatic rings. The second kappa shape index (κ2) is 8.73. The van der Waals surface area contributed by atoms with E-state index in [1.165, 1.54) is 19.3 Å². The molecule has 1 aromatic heterocycles. The van der Waals surface area contributed by atoms with Gasteiger partial charge in [-0.25, -0.2) is 9.36 Å². The number of thioether (sulfide) groups is 1. The minimum atomic E-state index is -1.14. The molecule has 1 heterocycles. The highest BCUT2D eigenvalue weighted by Crippen LogP contribution is 2.11. The van der Waals surface area contributed by atoms with E-state index < -0.39 is 22.3 Å². The molecule has 0 atom stereocenters. The van der Waals surface area contributed by atoms with Gasteiger partial charge < -0.3 is 0 Å². The third-order valence-corrected chi connectivity index (χ3v) is 3.76. The van der Waals surface area contributed by atoms with E-state index in [1.54, 1.807) is 4.98 Å². The van der Waals surface area contributed by atoms with E-state index >= 15 is 0 Å². The third-order valence-electron chi connectivity index (χ3n) is 2.82. The number of hydrogen-bond acceptors (Lipinski definition) is 4. The minimum Gasteiger partial charge on any atom is -0.271 e. The number of nitrogens with zero attached hydrogens (tertiary/aromatic N) is 1. The van der Waals surface area contributed by atoms with Gasteiger partial charge in [-0.15, -0.1) is 0 Å². The molecular formula is C13H19FN2O3S. The number of nitrogens with one attached hydrogen (secondary N) is 1. The lowest BCUT2D eigenvalue weighted by Gasteiger charge is -2.03. The van der Waals surface area contributed by atoms with Gasteiger partial charge in [-0.05, 0) is 6.42 Å². The molecule has 5 nitrogen and oxygen atoms in total. The van der Waals surface area contributed by atoms with Crippen LogP contribution in [0, 0.1) is 5.82 Å². The van der Waals surface area contributed by atoms with E-state index in [9.17, 15) is 18.8 Å². The monoisotopic (exact) mass is 302 g/mol. The van der Waals surface area contributed by atoms with Crippen LogP contribution in [0.15, 0.2) is 15.8 Å². The van der Waals surface area contributed by atoms with Crippen LogP contribution in [0.25, 0.3) is 0 Å². The first-order valence-corrected chi connectivity index (χ1v) is 7.73. The summed E-state index contributed by atoms with van der Waals surface area (Å²) in [6.07, 6.45) is 7.29. The number of rotatable bonds is 7. The van der Waals surface area contributed by atoms with Gasteiger partial charge in [0, 0.05) is 5.75 Å². The van der Waals surface area contributed by atoms with Crippen LogP contribution < -0.4 is 11.2 Å². The summed E-state index contributed by atoms with van der Waals surface area (Å²) < 4.78 is 13.6. The molecule has 0 aromatic carbocycles. The Morgan fingerprint density at radius 2 is 1.90 bits per heavy atom. The average Bonchev–Trinajstić information content (AvgIpc) is 2.41. The Kier molecular flexibility index (Phi) is 7.28. The highest BCUT2D eigenvalue weighted by atomic mass is 32.2. The van der Waals surface area contributed by atoms with Crippen LogP contribution in [0.2, 0.25) is 0 Å². The van der Waals surface area contributed by atoms with Crippen LogP contribution in [-0.4, -0.2) is 20.5 Å². The van der Waals surface area contributed by atoms with Crippen LogP contribution >= 0.6 is 11.8 Å². The van der Waals surface area contributed by atoms with Gasteiger partial charge in [0.05, 0.1) is 6.20 Å². The lowest BCUT2D eigenvalue weighted by molar-refractivity contribution is 0.260. The summed E-state index contributed by atoms with van der Waals surface area (Å²) in [6, 6.07) is 0. The van der Waals surface area contributed by atoms with E-state index in [4.69, 9.17) is 0 Å². The van der Waals surface area contributed by atoms with Crippen LogP contribution in [0.3, 0.4) is 0 Å². The molecule has 0 bridgehead atoms. The zero-order chi connectivity index (χ0) is 15.0. The van der Waals surface area contributed by atoms with Crippen LogP contribution in [0.5, 0.6) is 0 Å². The summed E-state index contributed by atoms with van der Waals surface area (Å²) in [5, 5.41) is -0.571. The Morgan fingerprint density at radius 1 is 1.25 bits per heavy atom. The first kappa shape index (κ1) is 16.7. The number of unbranched alkanes of at least 4 members (excludes halogenated alkanes) is 5. The maximum absolute atomic E-state index is 13.0. The summed E-state index contributed by atoms with van der Waals surface area (Å²) >= 11 is 0.957. The van der Waals surface area contributed by atoms with Gasteiger partial charge in [0.25, 0.3) is 10.8 Å². The SMILES string of the molecule is CCCCCCCCSC(=O)n1cc(F)c(=O)[nH]c1=O. The van der Waals surface area contributed by atoms with Gasteiger partial charge >= 0.3 is 5.69 Å². The number of aromatic amines is 1. The van der Waals surface area contributed by atoms with Gasteiger partial charge in [0.2, 0.25) is 5.82 Å². The smallest absolute Gasteiger partial charge is 0.271 e. The number of aromatic nitrogens is 2. The maximum Gasteiger partial charge on any atom is 0.336 e. The van der Waals surface area contributed by atoms with Crippen molar-refractivity contribution < 1.29 is 9.18 Å². The first-order valence-electron chi connectivity index (χ1n) is 6.75. The summed E-state index contributed by atoms with van der Waals surface area (Å²) in [5.41, 5.74) is -2.02. The standard InChI is InChI=1S/C13H19FN2O3S/c1-2-3-4-5-6-7-8-20-13(19)16-9-10(14)11(17)15-12(16)18/h9H,2-8H2,1H3,(H,15,17,18). The lowest BCUT2D eigenvalue weighted by Crippen LogP contribution is -2.33. The Balaban J connectivity index is 2.38. The van der Waals surface area contributed by atoms with Crippen molar-refractivity contribution in [1.82, 2.24) is 9.55 Å². The van der Waals surface area contributed by atoms with E-state index in [0.717, 1.165) is 31.0 Å². The second-order valence-electron chi connectivity index (χ2n) is 4.49. The van der Waals surface area contributed by atoms with E-state index in [1.807, 2.05) is 0 Å². The Labute approximate surface area is 120 Å². The molecule has 0 aliphatic carbocycles. The molecule has 0 saturated heterocycles. The van der Waals surface area contributed by atoms with E-state index in [2.05, 4.69) is 6.92 Å². The van der Waals surface area contributed by atoms with Crippen molar-refractivity contribution in [2.45, 2.75) is 45.4 Å². The number of hydrogen-bond donors (Lipinski definition) is 1. The van der Waals surface area contributed by atoms with Gasteiger partial charge in [0.1, 0.15) is 0 Å². The predicted octanol–water partition coefficient (Wildman–Crippen LogP) is 2.74. The number of H-pyrrole nitrogens is 1. The van der Waals surface area contributed by atoms with Crippen molar-refractivity contribution in [1.29, 1.82) is 0 Å². The molecule has 20 heavy (non-hydrogen) atoms. The molecule has 1 N–H and O–H groups in total. The molecule has 0 amide bonds. The number of halogens is 1. The van der Waals surface area contributed by atoms with Gasteiger partial charge in [-0.1, -0.05) is 50.8 Å². The van der Waals surface area contributed by atoms with Crippen LogP contribution in [0.1, 0.15) is 45.4 Å². The van der Waals surface area contributed by atoms with Crippen molar-refractivity contribution in [3.63, 3.8) is 0 Å². The summed E-state index contributed by atoms with van der Waals surface area (Å²) in [7, 11) is 0. The van der Waals surface area contributed by atoms with Gasteiger partial charge in [0.15, 0.2) is 0 Å². The normalized spacial score (nSPS) is 10.7. The molecule has 0 aliphatic heterocycles. The van der Waals surface area contributed by atoms with Gasteiger partial charge in [-0.3, -0.25) is 14.6 Å². The molecule has 0 radical (unpaired) electrons. The minimum absolute atomic E-state index is 0.571. The number of carbonyl (C=O) groups is 1. The highest BCUT2D eigenvalue weighted by molar-refractivity contribution is 8.13.